The molecular formula is C10H17N3O3. The molecule has 0 amide bonds. The highest BCUT2D eigenvalue weighted by molar-refractivity contribution is 5.30. The maximum absolute atomic E-state index is 5.47. The van der Waals surface area contributed by atoms with Crippen LogP contribution in [-0.4, -0.2) is 43.5 Å². The quantitative estimate of drug-likeness (QED) is 0.651. The minimum absolute atomic E-state index is 0.394. The fraction of sp³-hybridized carbons (Fsp3) is 0.600. The van der Waals surface area contributed by atoms with Crippen LogP contribution in [0.15, 0.2) is 12.4 Å². The lowest BCUT2D eigenvalue weighted by Gasteiger charge is -2.06. The number of methoxy groups -OCH3 is 1. The summed E-state index contributed by atoms with van der Waals surface area (Å²) < 4.78 is 15.5. The molecule has 6 heteroatoms. The zero-order valence-corrected chi connectivity index (χ0v) is 9.39. The van der Waals surface area contributed by atoms with E-state index in [-0.39, 0.29) is 0 Å². The first-order valence-corrected chi connectivity index (χ1v) is 5.10. The van der Waals surface area contributed by atoms with Gasteiger partial charge in [-0.15, -0.1) is 0 Å². The minimum Gasteiger partial charge on any atom is -0.475 e. The number of hydrogen-bond donors (Lipinski definition) is 1. The van der Waals surface area contributed by atoms with Crippen molar-refractivity contribution in [2.45, 2.75) is 6.42 Å². The lowest BCUT2D eigenvalue weighted by atomic mass is 10.5. The highest BCUT2D eigenvalue weighted by atomic mass is 16.5. The number of anilines is 1. The monoisotopic (exact) mass is 227 g/mol. The molecule has 1 heterocycles. The second-order valence-corrected chi connectivity index (χ2v) is 3.09. The van der Waals surface area contributed by atoms with Crippen LogP contribution in [-0.2, 0) is 9.47 Å². The lowest BCUT2D eigenvalue weighted by molar-refractivity contribution is 0.0795. The van der Waals surface area contributed by atoms with E-state index in [9.17, 15) is 0 Å². The van der Waals surface area contributed by atoms with E-state index in [1.165, 1.54) is 6.33 Å². The molecule has 0 spiro atoms. The Hall–Kier alpha value is -1.40. The number of nitrogen functional groups attached to an aromatic ring is 1. The molecule has 0 saturated heterocycles. The molecule has 90 valence electrons. The van der Waals surface area contributed by atoms with Gasteiger partial charge in [0.25, 0.3) is 0 Å². The summed E-state index contributed by atoms with van der Waals surface area (Å²) in [5.41, 5.74) is 5.47. The molecule has 0 aliphatic carbocycles. The summed E-state index contributed by atoms with van der Waals surface area (Å²) in [6, 6.07) is 1.57. The molecule has 0 fully saturated rings. The third kappa shape index (κ3) is 5.47. The molecule has 0 radical (unpaired) electrons. The summed E-state index contributed by atoms with van der Waals surface area (Å²) in [5.74, 6) is 0.860. The van der Waals surface area contributed by atoms with Gasteiger partial charge in [-0.3, -0.25) is 0 Å². The molecule has 1 aromatic heterocycles. The number of aromatic nitrogens is 2. The van der Waals surface area contributed by atoms with Gasteiger partial charge in [-0.1, -0.05) is 0 Å². The molecule has 1 aromatic rings. The van der Waals surface area contributed by atoms with Gasteiger partial charge in [0, 0.05) is 26.4 Å². The number of ether oxygens (including phenoxy) is 3. The molecular weight excluding hydrogens is 210 g/mol. The van der Waals surface area contributed by atoms with Crippen molar-refractivity contribution in [1.29, 1.82) is 0 Å². The molecule has 0 aliphatic heterocycles. The first-order valence-electron chi connectivity index (χ1n) is 5.10. The van der Waals surface area contributed by atoms with Crippen molar-refractivity contribution in [2.24, 2.45) is 0 Å². The minimum atomic E-state index is 0.394. The van der Waals surface area contributed by atoms with Crippen LogP contribution >= 0.6 is 0 Å². The zero-order chi connectivity index (χ0) is 11.6. The largest absolute Gasteiger partial charge is 0.475 e. The van der Waals surface area contributed by atoms with E-state index < -0.39 is 0 Å². The van der Waals surface area contributed by atoms with Crippen LogP contribution in [0.2, 0.25) is 0 Å². The molecule has 0 aliphatic rings. The van der Waals surface area contributed by atoms with E-state index >= 15 is 0 Å². The Balaban J connectivity index is 2.03. The molecule has 0 bridgehead atoms. The van der Waals surface area contributed by atoms with Crippen molar-refractivity contribution in [3.8, 4) is 5.88 Å². The topological polar surface area (TPSA) is 79.5 Å². The maximum atomic E-state index is 5.47. The van der Waals surface area contributed by atoms with Crippen molar-refractivity contribution in [3.05, 3.63) is 12.4 Å². The van der Waals surface area contributed by atoms with Crippen molar-refractivity contribution in [3.63, 3.8) is 0 Å². The van der Waals surface area contributed by atoms with E-state index in [4.69, 9.17) is 19.9 Å². The van der Waals surface area contributed by atoms with Gasteiger partial charge in [0.1, 0.15) is 18.8 Å². The highest BCUT2D eigenvalue weighted by Gasteiger charge is 1.96. The Morgan fingerprint density at radius 2 is 2.06 bits per heavy atom. The number of nitrogens with zero attached hydrogens (tertiary/aromatic N) is 2. The van der Waals surface area contributed by atoms with Crippen LogP contribution < -0.4 is 10.5 Å². The van der Waals surface area contributed by atoms with E-state index in [0.717, 1.165) is 6.42 Å². The normalized spacial score (nSPS) is 10.3. The van der Waals surface area contributed by atoms with E-state index in [1.807, 2.05) is 0 Å². The molecule has 0 atom stereocenters. The summed E-state index contributed by atoms with van der Waals surface area (Å²) in [4.78, 5) is 7.66. The highest BCUT2D eigenvalue weighted by Crippen LogP contribution is 2.06. The van der Waals surface area contributed by atoms with E-state index in [2.05, 4.69) is 9.97 Å². The van der Waals surface area contributed by atoms with Crippen molar-refractivity contribution in [2.75, 3.05) is 39.3 Å². The van der Waals surface area contributed by atoms with Gasteiger partial charge in [0.2, 0.25) is 5.88 Å². The van der Waals surface area contributed by atoms with Gasteiger partial charge in [-0.05, 0) is 6.42 Å². The Morgan fingerprint density at radius 1 is 1.19 bits per heavy atom. The smallest absolute Gasteiger partial charge is 0.218 e. The number of rotatable bonds is 8. The zero-order valence-electron chi connectivity index (χ0n) is 9.39. The number of nitrogens with two attached hydrogens (primary N) is 1. The van der Waals surface area contributed by atoms with Crippen LogP contribution in [0.1, 0.15) is 6.42 Å². The van der Waals surface area contributed by atoms with Gasteiger partial charge in [0.05, 0.1) is 6.61 Å². The first kappa shape index (κ1) is 12.7. The average molecular weight is 227 g/mol. The first-order chi connectivity index (χ1) is 7.83. The van der Waals surface area contributed by atoms with Gasteiger partial charge in [-0.2, -0.15) is 0 Å². The summed E-state index contributed by atoms with van der Waals surface area (Å²) in [5, 5.41) is 0. The standard InChI is InChI=1S/C10H17N3O3/c1-14-3-2-4-15-5-6-16-10-7-9(11)12-8-13-10/h7-8H,2-6H2,1H3,(H2,11,12,13). The van der Waals surface area contributed by atoms with Crippen molar-refractivity contribution in [1.82, 2.24) is 9.97 Å². The fourth-order valence-electron chi connectivity index (χ4n) is 1.04. The Kier molecular flexibility index (Phi) is 6.20. The van der Waals surface area contributed by atoms with Crippen LogP contribution in [0, 0.1) is 0 Å². The Labute approximate surface area is 94.7 Å². The summed E-state index contributed by atoms with van der Waals surface area (Å²) in [6.07, 6.45) is 2.25. The second kappa shape index (κ2) is 7.84. The molecule has 0 saturated carbocycles. The van der Waals surface area contributed by atoms with Gasteiger partial charge >= 0.3 is 0 Å². The SMILES string of the molecule is COCCCOCCOc1cc(N)ncn1. The van der Waals surface area contributed by atoms with Crippen LogP contribution in [0.3, 0.4) is 0 Å². The molecule has 16 heavy (non-hydrogen) atoms. The molecule has 6 nitrogen and oxygen atoms in total. The van der Waals surface area contributed by atoms with Crippen molar-refractivity contribution >= 4 is 5.82 Å². The third-order valence-electron chi connectivity index (χ3n) is 1.78. The predicted octanol–water partition coefficient (Wildman–Crippen LogP) is 0.491. The molecule has 0 aromatic carbocycles. The van der Waals surface area contributed by atoms with E-state index in [1.54, 1.807) is 13.2 Å². The molecule has 0 unspecified atom stereocenters. The average Bonchev–Trinajstić information content (AvgIpc) is 2.28. The third-order valence-corrected chi connectivity index (χ3v) is 1.78. The molecule has 2 N–H and O–H groups in total. The fourth-order valence-corrected chi connectivity index (χ4v) is 1.04. The summed E-state index contributed by atoms with van der Waals surface area (Å²) in [7, 11) is 1.67. The number of hydrogen-bond acceptors (Lipinski definition) is 6. The van der Waals surface area contributed by atoms with Crippen LogP contribution in [0.25, 0.3) is 0 Å². The van der Waals surface area contributed by atoms with Crippen molar-refractivity contribution < 1.29 is 14.2 Å². The summed E-state index contributed by atoms with van der Waals surface area (Å²) in [6.45, 7) is 2.35. The maximum Gasteiger partial charge on any atom is 0.218 e. The van der Waals surface area contributed by atoms with Crippen LogP contribution in [0.5, 0.6) is 5.88 Å². The van der Waals surface area contributed by atoms with Gasteiger partial charge in [-0.25, -0.2) is 9.97 Å². The van der Waals surface area contributed by atoms with Gasteiger partial charge < -0.3 is 19.9 Å². The Bertz CT molecular complexity index is 296. The van der Waals surface area contributed by atoms with Crippen LogP contribution in [0.4, 0.5) is 5.82 Å². The Morgan fingerprint density at radius 3 is 2.81 bits per heavy atom. The molecule has 1 rings (SSSR count). The van der Waals surface area contributed by atoms with E-state index in [0.29, 0.717) is 38.1 Å². The summed E-state index contributed by atoms with van der Waals surface area (Å²) >= 11 is 0. The predicted molar refractivity (Wildman–Crippen MR) is 59.3 cm³/mol. The van der Waals surface area contributed by atoms with Gasteiger partial charge in [0.15, 0.2) is 0 Å². The lowest BCUT2D eigenvalue weighted by Crippen LogP contribution is -2.09. The second-order valence-electron chi connectivity index (χ2n) is 3.09.